The zero-order valence-corrected chi connectivity index (χ0v) is 18.0. The average Bonchev–Trinajstić information content (AvgIpc) is 3.55. The Hall–Kier alpha value is -3.45. The Morgan fingerprint density at radius 2 is 1.81 bits per heavy atom. The van der Waals surface area contributed by atoms with E-state index in [1.807, 2.05) is 55.5 Å². The summed E-state index contributed by atoms with van der Waals surface area (Å²) >= 11 is 0. The van der Waals surface area contributed by atoms with Crippen molar-refractivity contribution in [1.29, 1.82) is 0 Å². The van der Waals surface area contributed by atoms with Gasteiger partial charge in [0.25, 0.3) is 0 Å². The van der Waals surface area contributed by atoms with Gasteiger partial charge in [0, 0.05) is 24.4 Å². The predicted molar refractivity (Wildman–Crippen MR) is 123 cm³/mol. The Balaban J connectivity index is 1.30. The second kappa shape index (κ2) is 8.59. The number of nitrogens with zero attached hydrogens (tertiary/aromatic N) is 2. The fourth-order valence-electron chi connectivity index (χ4n) is 4.09. The summed E-state index contributed by atoms with van der Waals surface area (Å²) < 4.78 is 1.69. The first-order valence-electron chi connectivity index (χ1n) is 11.1. The quantitative estimate of drug-likeness (QED) is 0.559. The Morgan fingerprint density at radius 3 is 2.50 bits per heavy atom. The maximum absolute atomic E-state index is 12.8. The average molecular weight is 430 g/mol. The van der Waals surface area contributed by atoms with E-state index < -0.39 is 6.29 Å². The van der Waals surface area contributed by atoms with Crippen LogP contribution in [0, 0.1) is 0 Å². The van der Waals surface area contributed by atoms with E-state index in [2.05, 4.69) is 28.1 Å². The molecular formula is C25H27N5O2. The molecule has 2 unspecified atom stereocenters. The van der Waals surface area contributed by atoms with Crippen LogP contribution in [0.1, 0.15) is 49.7 Å². The Labute approximate surface area is 187 Å². The van der Waals surface area contributed by atoms with E-state index in [-0.39, 0.29) is 24.3 Å². The number of nitrogens with one attached hydrogen (secondary N) is 3. The Morgan fingerprint density at radius 1 is 1.09 bits per heavy atom. The van der Waals surface area contributed by atoms with Gasteiger partial charge in [0.15, 0.2) is 6.29 Å². The standard InChI is InChI=1S/C25H27N5O2/c1-16-13-23(31)28-25(26-16)30-22(15-21(29-30)20-11-12-20)27-24(32)14-17-7-9-19(10-8-17)18-5-3-2-4-6-18/h2-10,15-16,20,25-26H,11-14H2,1H3,(H,27,32)(H,28,31). The van der Waals surface area contributed by atoms with Crippen molar-refractivity contribution in [1.82, 2.24) is 20.4 Å². The fourth-order valence-corrected chi connectivity index (χ4v) is 4.09. The molecule has 0 radical (unpaired) electrons. The van der Waals surface area contributed by atoms with Gasteiger partial charge in [-0.2, -0.15) is 5.10 Å². The number of hydrogen-bond acceptors (Lipinski definition) is 4. The van der Waals surface area contributed by atoms with Gasteiger partial charge in [0.1, 0.15) is 5.82 Å². The molecule has 1 saturated carbocycles. The van der Waals surface area contributed by atoms with Crippen LogP contribution in [0.5, 0.6) is 0 Å². The number of rotatable bonds is 6. The molecule has 2 aliphatic rings. The highest BCUT2D eigenvalue weighted by atomic mass is 16.2. The van der Waals surface area contributed by atoms with Crippen LogP contribution >= 0.6 is 0 Å². The second-order valence-electron chi connectivity index (χ2n) is 8.70. The van der Waals surface area contributed by atoms with Crippen molar-refractivity contribution in [3.8, 4) is 11.1 Å². The molecule has 2 amide bonds. The van der Waals surface area contributed by atoms with Gasteiger partial charge in [-0.1, -0.05) is 54.6 Å². The molecule has 0 bridgehead atoms. The molecule has 32 heavy (non-hydrogen) atoms. The molecule has 2 atom stereocenters. The van der Waals surface area contributed by atoms with Crippen molar-refractivity contribution < 1.29 is 9.59 Å². The van der Waals surface area contributed by atoms with Gasteiger partial charge >= 0.3 is 0 Å². The second-order valence-corrected chi connectivity index (χ2v) is 8.70. The van der Waals surface area contributed by atoms with Gasteiger partial charge < -0.3 is 10.6 Å². The molecule has 5 rings (SSSR count). The normalized spacial score (nSPS) is 20.6. The summed E-state index contributed by atoms with van der Waals surface area (Å²) in [5.74, 6) is 0.899. The lowest BCUT2D eigenvalue weighted by Gasteiger charge is -2.30. The Bertz CT molecular complexity index is 1120. The van der Waals surface area contributed by atoms with Crippen LogP contribution in [0.15, 0.2) is 60.7 Å². The maximum atomic E-state index is 12.8. The van der Waals surface area contributed by atoms with Crippen LogP contribution in [0.4, 0.5) is 5.82 Å². The van der Waals surface area contributed by atoms with E-state index in [4.69, 9.17) is 5.10 Å². The van der Waals surface area contributed by atoms with Crippen molar-refractivity contribution >= 4 is 17.6 Å². The summed E-state index contributed by atoms with van der Waals surface area (Å²) in [5, 5.41) is 14.0. The minimum Gasteiger partial charge on any atom is -0.322 e. The minimum atomic E-state index is -0.473. The zero-order valence-electron chi connectivity index (χ0n) is 18.0. The van der Waals surface area contributed by atoms with Crippen LogP contribution in [0.25, 0.3) is 11.1 Å². The molecule has 2 fully saturated rings. The van der Waals surface area contributed by atoms with E-state index in [9.17, 15) is 9.59 Å². The topological polar surface area (TPSA) is 88.1 Å². The molecule has 3 N–H and O–H groups in total. The fraction of sp³-hybridized carbons (Fsp3) is 0.320. The van der Waals surface area contributed by atoms with Crippen LogP contribution in [0.3, 0.4) is 0 Å². The van der Waals surface area contributed by atoms with Crippen molar-refractivity contribution in [2.24, 2.45) is 0 Å². The van der Waals surface area contributed by atoms with Crippen molar-refractivity contribution in [2.75, 3.05) is 5.32 Å². The molecule has 164 valence electrons. The summed E-state index contributed by atoms with van der Waals surface area (Å²) in [7, 11) is 0. The lowest BCUT2D eigenvalue weighted by molar-refractivity contribution is -0.125. The molecule has 1 aliphatic heterocycles. The number of hydrogen-bond donors (Lipinski definition) is 3. The SMILES string of the molecule is CC1CC(=O)NC(n2nc(C3CC3)cc2NC(=O)Cc2ccc(-c3ccccc3)cc2)N1. The first-order valence-corrected chi connectivity index (χ1v) is 11.1. The monoisotopic (exact) mass is 429 g/mol. The van der Waals surface area contributed by atoms with E-state index in [0.717, 1.165) is 35.2 Å². The van der Waals surface area contributed by atoms with Crippen LogP contribution in [0.2, 0.25) is 0 Å². The molecule has 0 spiro atoms. The molecule has 2 aromatic carbocycles. The summed E-state index contributed by atoms with van der Waals surface area (Å²) in [5.41, 5.74) is 4.17. The van der Waals surface area contributed by atoms with Gasteiger partial charge in [0.2, 0.25) is 11.8 Å². The summed E-state index contributed by atoms with van der Waals surface area (Å²) in [6.45, 7) is 1.97. The molecule has 7 nitrogen and oxygen atoms in total. The number of aromatic nitrogens is 2. The number of amides is 2. The number of anilines is 1. The minimum absolute atomic E-state index is 0.0273. The molecule has 1 aliphatic carbocycles. The third-order valence-electron chi connectivity index (χ3n) is 5.92. The molecule has 1 aromatic heterocycles. The van der Waals surface area contributed by atoms with E-state index in [0.29, 0.717) is 18.2 Å². The molecule has 2 heterocycles. The highest BCUT2D eigenvalue weighted by Gasteiger charge is 2.31. The third kappa shape index (κ3) is 4.57. The van der Waals surface area contributed by atoms with Gasteiger partial charge in [-0.15, -0.1) is 0 Å². The number of benzene rings is 2. The van der Waals surface area contributed by atoms with Gasteiger partial charge in [-0.25, -0.2) is 4.68 Å². The first kappa shape index (κ1) is 20.5. The van der Waals surface area contributed by atoms with E-state index >= 15 is 0 Å². The van der Waals surface area contributed by atoms with Crippen LogP contribution in [-0.4, -0.2) is 27.6 Å². The predicted octanol–water partition coefficient (Wildman–Crippen LogP) is 3.56. The number of carbonyl (C=O) groups is 2. The largest absolute Gasteiger partial charge is 0.322 e. The highest BCUT2D eigenvalue weighted by Crippen LogP contribution is 2.40. The van der Waals surface area contributed by atoms with E-state index in [1.54, 1.807) is 4.68 Å². The lowest BCUT2D eigenvalue weighted by Crippen LogP contribution is -2.52. The maximum Gasteiger partial charge on any atom is 0.229 e. The third-order valence-corrected chi connectivity index (χ3v) is 5.92. The first-order chi connectivity index (χ1) is 15.5. The summed E-state index contributed by atoms with van der Waals surface area (Å²) in [6.07, 6.45) is 2.44. The van der Waals surface area contributed by atoms with Crippen molar-refractivity contribution in [3.63, 3.8) is 0 Å². The molecule has 7 heteroatoms. The van der Waals surface area contributed by atoms with Crippen LogP contribution in [-0.2, 0) is 16.0 Å². The van der Waals surface area contributed by atoms with Gasteiger partial charge in [0.05, 0.1) is 12.1 Å². The smallest absolute Gasteiger partial charge is 0.229 e. The zero-order chi connectivity index (χ0) is 22.1. The van der Waals surface area contributed by atoms with Gasteiger partial charge in [-0.3, -0.25) is 14.9 Å². The van der Waals surface area contributed by atoms with E-state index in [1.165, 1.54) is 0 Å². The number of carbonyl (C=O) groups excluding carboxylic acids is 2. The van der Waals surface area contributed by atoms with Crippen LogP contribution < -0.4 is 16.0 Å². The summed E-state index contributed by atoms with van der Waals surface area (Å²) in [4.78, 5) is 24.9. The Kier molecular flexibility index (Phi) is 5.49. The van der Waals surface area contributed by atoms with Crippen molar-refractivity contribution in [2.45, 2.75) is 50.9 Å². The lowest BCUT2D eigenvalue weighted by atomic mass is 10.0. The van der Waals surface area contributed by atoms with Crippen molar-refractivity contribution in [3.05, 3.63) is 71.9 Å². The molecule has 1 saturated heterocycles. The molecule has 3 aromatic rings. The summed E-state index contributed by atoms with van der Waals surface area (Å²) in [6, 6.07) is 20.2. The molecular weight excluding hydrogens is 402 g/mol. The van der Waals surface area contributed by atoms with Gasteiger partial charge in [-0.05, 0) is 36.5 Å². The highest BCUT2D eigenvalue weighted by molar-refractivity contribution is 5.91.